The number of ketones is 1. The zero-order valence-corrected chi connectivity index (χ0v) is 7.87. The van der Waals surface area contributed by atoms with Crippen LogP contribution in [0.4, 0.5) is 0 Å². The van der Waals surface area contributed by atoms with Gasteiger partial charge >= 0.3 is 0 Å². The van der Waals surface area contributed by atoms with Crippen molar-refractivity contribution in [2.45, 2.75) is 0 Å². The van der Waals surface area contributed by atoms with E-state index >= 15 is 0 Å². The van der Waals surface area contributed by atoms with E-state index < -0.39 is 0 Å². The van der Waals surface area contributed by atoms with Crippen LogP contribution in [0.5, 0.6) is 17.2 Å². The highest BCUT2D eigenvalue weighted by atomic mass is 35.5. The Hall–Kier alpha value is -1.42. The number of hydrogen-bond donors (Lipinski definition) is 1. The first-order valence-electron chi connectivity index (χ1n) is 3.94. The van der Waals surface area contributed by atoms with Gasteiger partial charge in [0.25, 0.3) is 0 Å². The van der Waals surface area contributed by atoms with Gasteiger partial charge in [0.05, 0.1) is 11.4 Å². The second-order valence-electron chi connectivity index (χ2n) is 2.78. The number of ether oxygens (including phenoxy) is 2. The third-order valence-electron chi connectivity index (χ3n) is 1.91. The summed E-state index contributed by atoms with van der Waals surface area (Å²) < 4.78 is 10.1. The molecule has 0 aromatic heterocycles. The Morgan fingerprint density at radius 2 is 2.07 bits per heavy atom. The van der Waals surface area contributed by atoms with E-state index in [-0.39, 0.29) is 29.8 Å². The molecule has 14 heavy (non-hydrogen) atoms. The molecule has 1 aliphatic heterocycles. The van der Waals surface area contributed by atoms with Gasteiger partial charge in [-0.3, -0.25) is 4.79 Å². The molecule has 0 aliphatic carbocycles. The highest BCUT2D eigenvalue weighted by molar-refractivity contribution is 6.30. The summed E-state index contributed by atoms with van der Waals surface area (Å²) >= 11 is 5.38. The Kier molecular flexibility index (Phi) is 2.21. The van der Waals surface area contributed by atoms with Crippen molar-refractivity contribution in [1.82, 2.24) is 0 Å². The summed E-state index contributed by atoms with van der Waals surface area (Å²) in [5.74, 6) is 0.236. The van der Waals surface area contributed by atoms with Crippen LogP contribution < -0.4 is 9.47 Å². The number of alkyl halides is 1. The molecule has 1 heterocycles. The summed E-state index contributed by atoms with van der Waals surface area (Å²) in [7, 11) is 0. The van der Waals surface area contributed by atoms with Crippen molar-refractivity contribution in [1.29, 1.82) is 0 Å². The average Bonchev–Trinajstić information content (AvgIpc) is 2.62. The molecule has 1 aromatic carbocycles. The molecule has 0 saturated carbocycles. The number of rotatable bonds is 2. The lowest BCUT2D eigenvalue weighted by atomic mass is 10.1. The minimum absolute atomic E-state index is 0.104. The zero-order chi connectivity index (χ0) is 10.1. The number of aromatic hydroxyl groups is 1. The fraction of sp³-hybridized carbons (Fsp3) is 0.222. The largest absolute Gasteiger partial charge is 0.507 e. The number of hydrogen-bond acceptors (Lipinski definition) is 4. The Labute approximate surface area is 85.0 Å². The molecular formula is C9H7ClO4. The second-order valence-corrected chi connectivity index (χ2v) is 3.05. The maximum absolute atomic E-state index is 11.2. The Bertz CT molecular complexity index is 389. The van der Waals surface area contributed by atoms with Crippen molar-refractivity contribution in [3.8, 4) is 17.2 Å². The van der Waals surface area contributed by atoms with E-state index in [2.05, 4.69) is 0 Å². The van der Waals surface area contributed by atoms with Crippen molar-refractivity contribution in [2.75, 3.05) is 12.7 Å². The van der Waals surface area contributed by atoms with Crippen LogP contribution in [-0.2, 0) is 0 Å². The number of Topliss-reactive ketones (excluding diaryl/α,β-unsaturated/α-hetero) is 1. The number of benzene rings is 1. The Morgan fingerprint density at radius 1 is 1.43 bits per heavy atom. The highest BCUT2D eigenvalue weighted by Crippen LogP contribution is 2.37. The SMILES string of the molecule is O=C(CCl)c1cc2c(cc1O)OCO2. The molecule has 2 rings (SSSR count). The molecule has 74 valence electrons. The van der Waals surface area contributed by atoms with Gasteiger partial charge in [-0.05, 0) is 6.07 Å². The molecule has 0 saturated heterocycles. The predicted molar refractivity (Wildman–Crippen MR) is 49.3 cm³/mol. The van der Waals surface area contributed by atoms with Gasteiger partial charge < -0.3 is 14.6 Å². The number of carbonyl (C=O) groups excluding carboxylic acids is 1. The van der Waals surface area contributed by atoms with E-state index in [0.717, 1.165) is 0 Å². The molecular weight excluding hydrogens is 208 g/mol. The summed E-state index contributed by atoms with van der Waals surface area (Å²) in [5.41, 5.74) is 0.157. The average molecular weight is 215 g/mol. The zero-order valence-electron chi connectivity index (χ0n) is 7.12. The van der Waals surface area contributed by atoms with E-state index in [1.54, 1.807) is 0 Å². The Balaban J connectivity index is 2.47. The highest BCUT2D eigenvalue weighted by Gasteiger charge is 2.19. The van der Waals surface area contributed by atoms with Crippen molar-refractivity contribution < 1.29 is 19.4 Å². The molecule has 1 aliphatic rings. The first kappa shape index (κ1) is 9.15. The topological polar surface area (TPSA) is 55.8 Å². The van der Waals surface area contributed by atoms with Crippen molar-refractivity contribution >= 4 is 17.4 Å². The quantitative estimate of drug-likeness (QED) is 0.599. The van der Waals surface area contributed by atoms with E-state index in [4.69, 9.17) is 21.1 Å². The van der Waals surface area contributed by atoms with Crippen LogP contribution >= 0.6 is 11.6 Å². The maximum atomic E-state index is 11.2. The van der Waals surface area contributed by atoms with Gasteiger partial charge in [0, 0.05) is 6.07 Å². The molecule has 0 fully saturated rings. The summed E-state index contributed by atoms with van der Waals surface area (Å²) in [6.45, 7) is 0.104. The standard InChI is InChI=1S/C9H7ClO4/c10-3-7(12)5-1-8-9(2-6(5)11)14-4-13-8/h1-2,11H,3-4H2. The predicted octanol–water partition coefficient (Wildman–Crippen LogP) is 1.54. The fourth-order valence-corrected chi connectivity index (χ4v) is 1.37. The number of phenolic OH excluding ortho intramolecular Hbond substituents is 1. The second kappa shape index (κ2) is 3.38. The Morgan fingerprint density at radius 3 is 2.71 bits per heavy atom. The van der Waals surface area contributed by atoms with Gasteiger partial charge in [-0.1, -0.05) is 0 Å². The van der Waals surface area contributed by atoms with Gasteiger partial charge in [0.15, 0.2) is 17.3 Å². The molecule has 1 N–H and O–H groups in total. The van der Waals surface area contributed by atoms with Crippen molar-refractivity contribution in [3.05, 3.63) is 17.7 Å². The van der Waals surface area contributed by atoms with Crippen molar-refractivity contribution in [2.24, 2.45) is 0 Å². The smallest absolute Gasteiger partial charge is 0.231 e. The minimum atomic E-state index is -0.345. The van der Waals surface area contributed by atoms with Gasteiger partial charge in [0.2, 0.25) is 6.79 Å². The van der Waals surface area contributed by atoms with E-state index in [1.165, 1.54) is 12.1 Å². The lowest BCUT2D eigenvalue weighted by Gasteiger charge is -2.02. The third-order valence-corrected chi connectivity index (χ3v) is 2.16. The molecule has 1 aromatic rings. The molecule has 5 heteroatoms. The van der Waals surface area contributed by atoms with Crippen LogP contribution in [0.15, 0.2) is 12.1 Å². The van der Waals surface area contributed by atoms with Gasteiger partial charge in [0.1, 0.15) is 5.75 Å². The van der Waals surface area contributed by atoms with Crippen molar-refractivity contribution in [3.63, 3.8) is 0 Å². The summed E-state index contributed by atoms with van der Waals surface area (Å²) in [6.07, 6.45) is 0. The molecule has 4 nitrogen and oxygen atoms in total. The van der Waals surface area contributed by atoms with Crippen LogP contribution in [0.25, 0.3) is 0 Å². The van der Waals surface area contributed by atoms with Gasteiger partial charge in [-0.15, -0.1) is 11.6 Å². The lowest BCUT2D eigenvalue weighted by molar-refractivity contribution is 0.101. The fourth-order valence-electron chi connectivity index (χ4n) is 1.23. The third kappa shape index (κ3) is 1.37. The first-order valence-corrected chi connectivity index (χ1v) is 4.47. The van der Waals surface area contributed by atoms with Gasteiger partial charge in [-0.25, -0.2) is 0 Å². The van der Waals surface area contributed by atoms with Gasteiger partial charge in [-0.2, -0.15) is 0 Å². The first-order chi connectivity index (χ1) is 6.72. The molecule has 0 spiro atoms. The van der Waals surface area contributed by atoms with Crippen LogP contribution in [0.1, 0.15) is 10.4 Å². The number of phenols is 1. The number of carbonyl (C=O) groups is 1. The van der Waals surface area contributed by atoms with E-state index in [0.29, 0.717) is 11.5 Å². The maximum Gasteiger partial charge on any atom is 0.231 e. The lowest BCUT2D eigenvalue weighted by Crippen LogP contribution is -2.00. The summed E-state index contributed by atoms with van der Waals surface area (Å²) in [6, 6.07) is 2.78. The van der Waals surface area contributed by atoms with Crippen LogP contribution in [-0.4, -0.2) is 23.6 Å². The van der Waals surface area contributed by atoms with Crippen LogP contribution in [0.2, 0.25) is 0 Å². The molecule has 0 unspecified atom stereocenters. The molecule has 0 radical (unpaired) electrons. The summed E-state index contributed by atoms with van der Waals surface area (Å²) in [4.78, 5) is 11.2. The van der Waals surface area contributed by atoms with E-state index in [1.807, 2.05) is 0 Å². The van der Waals surface area contributed by atoms with Crippen LogP contribution in [0, 0.1) is 0 Å². The number of halogens is 1. The monoisotopic (exact) mass is 214 g/mol. The minimum Gasteiger partial charge on any atom is -0.507 e. The van der Waals surface area contributed by atoms with E-state index in [9.17, 15) is 9.90 Å². The normalized spacial score (nSPS) is 12.9. The molecule has 0 atom stereocenters. The number of fused-ring (bicyclic) bond motifs is 1. The molecule has 0 amide bonds. The summed E-state index contributed by atoms with van der Waals surface area (Å²) in [5, 5.41) is 9.46. The van der Waals surface area contributed by atoms with Crippen LogP contribution in [0.3, 0.4) is 0 Å². The molecule has 0 bridgehead atoms.